The minimum atomic E-state index is -0.753. The van der Waals surface area contributed by atoms with Gasteiger partial charge in [0.2, 0.25) is 0 Å². The first-order valence-corrected chi connectivity index (χ1v) is 13.9. The van der Waals surface area contributed by atoms with Gasteiger partial charge in [-0.15, -0.1) is 0 Å². The van der Waals surface area contributed by atoms with E-state index in [1.807, 2.05) is 0 Å². The Balaban J connectivity index is 1.37. The number of halogens is 3. The predicted octanol–water partition coefficient (Wildman–Crippen LogP) is 7.63. The third-order valence-electron chi connectivity index (χ3n) is 7.04. The maximum atomic E-state index is 13.5. The lowest BCUT2D eigenvalue weighted by Gasteiger charge is -2.37. The zero-order chi connectivity index (χ0) is 20.1. The molecule has 2 fully saturated rings. The van der Waals surface area contributed by atoms with Gasteiger partial charge in [-0.3, -0.25) is 0 Å². The van der Waals surface area contributed by atoms with E-state index in [1.165, 1.54) is 75.6 Å². The Kier molecular flexibility index (Phi) is 8.22. The van der Waals surface area contributed by atoms with Gasteiger partial charge in [-0.05, 0) is 36.1 Å². The van der Waals surface area contributed by atoms with Crippen LogP contribution in [0, 0.1) is 29.4 Å². The molecule has 5 heteroatoms. The molecule has 1 nitrogen and oxygen atoms in total. The molecule has 1 aromatic rings. The predicted molar refractivity (Wildman–Crippen MR) is 116 cm³/mol. The van der Waals surface area contributed by atoms with Crippen LogP contribution < -0.4 is 4.74 Å². The fourth-order valence-corrected chi connectivity index (χ4v) is 9.64. The molecular weight excluding hydrogens is 394 g/mol. The van der Waals surface area contributed by atoms with Gasteiger partial charge in [0, 0.05) is 20.9 Å². The van der Waals surface area contributed by atoms with Crippen LogP contribution in [0.5, 0.6) is 5.75 Å². The van der Waals surface area contributed by atoms with Crippen LogP contribution in [0.3, 0.4) is 0 Å². The zero-order valence-corrected chi connectivity index (χ0v) is 19.3. The Morgan fingerprint density at radius 1 is 1.00 bits per heavy atom. The quantitative estimate of drug-likeness (QED) is 0.320. The average Bonchev–Trinajstić information content (AvgIpc) is 2.69. The van der Waals surface area contributed by atoms with E-state index < -0.39 is 25.5 Å². The lowest BCUT2D eigenvalue weighted by atomic mass is 9.84. The smallest absolute Gasteiger partial charge is 0.148 e. The third kappa shape index (κ3) is 6.19. The van der Waals surface area contributed by atoms with Crippen molar-refractivity contribution in [1.82, 2.24) is 0 Å². The zero-order valence-electron chi connectivity index (χ0n) is 17.4. The van der Waals surface area contributed by atoms with Crippen molar-refractivity contribution in [2.24, 2.45) is 17.8 Å². The highest BCUT2D eigenvalue weighted by Crippen LogP contribution is 2.42. The summed E-state index contributed by atoms with van der Waals surface area (Å²) in [5.74, 6) is 1.09. The lowest BCUT2D eigenvalue weighted by Crippen LogP contribution is -2.31. The summed E-state index contributed by atoms with van der Waals surface area (Å²) in [6.45, 7) is 5.23. The molecule has 1 saturated carbocycles. The van der Waals surface area contributed by atoms with Crippen molar-refractivity contribution in [3.05, 3.63) is 28.8 Å². The topological polar surface area (TPSA) is 9.23 Å². The molecule has 0 unspecified atom stereocenters. The molecule has 0 bridgehead atoms. The Bertz CT molecular complexity index is 600. The molecular formula is C23H35ClF2OSi. The third-order valence-corrected chi connectivity index (χ3v) is 11.6. The highest BCUT2D eigenvalue weighted by molar-refractivity contribution is 6.60. The normalized spacial score (nSPS) is 28.5. The molecule has 1 aliphatic carbocycles. The van der Waals surface area contributed by atoms with Crippen molar-refractivity contribution in [3.8, 4) is 5.75 Å². The maximum Gasteiger partial charge on any atom is 0.148 e. The molecule has 1 heterocycles. The molecule has 158 valence electrons. The first-order valence-electron chi connectivity index (χ1n) is 11.2. The second-order valence-corrected chi connectivity index (χ2v) is 13.5. The first kappa shape index (κ1) is 22.1. The summed E-state index contributed by atoms with van der Waals surface area (Å²) in [4.78, 5) is 0. The van der Waals surface area contributed by atoms with Crippen molar-refractivity contribution in [1.29, 1.82) is 0 Å². The van der Waals surface area contributed by atoms with Gasteiger partial charge in [0.15, 0.2) is 0 Å². The van der Waals surface area contributed by atoms with E-state index in [0.29, 0.717) is 12.5 Å². The fourth-order valence-electron chi connectivity index (χ4n) is 5.17. The van der Waals surface area contributed by atoms with Gasteiger partial charge in [0.05, 0.1) is 6.61 Å². The van der Waals surface area contributed by atoms with Gasteiger partial charge in [-0.25, -0.2) is 8.78 Å². The van der Waals surface area contributed by atoms with E-state index in [2.05, 4.69) is 13.8 Å². The second kappa shape index (κ2) is 10.4. The number of hydrogen-bond donors (Lipinski definition) is 0. The van der Waals surface area contributed by atoms with Crippen LogP contribution in [0.2, 0.25) is 22.7 Å². The summed E-state index contributed by atoms with van der Waals surface area (Å²) in [5.41, 5.74) is 1.05. The summed E-state index contributed by atoms with van der Waals surface area (Å²) in [6, 6.07) is 5.20. The number of rotatable bonds is 7. The molecule has 0 spiro atoms. The number of benzene rings is 1. The fraction of sp³-hybridized carbons (Fsp3) is 0.739. The Morgan fingerprint density at radius 2 is 1.61 bits per heavy atom. The van der Waals surface area contributed by atoms with Crippen molar-refractivity contribution >= 4 is 20.4 Å². The summed E-state index contributed by atoms with van der Waals surface area (Å²) >= 11 is 5.53. The Morgan fingerprint density at radius 3 is 2.18 bits per heavy atom. The van der Waals surface area contributed by atoms with Gasteiger partial charge < -0.3 is 4.74 Å². The lowest BCUT2D eigenvalue weighted by molar-refractivity contribution is 0.233. The maximum absolute atomic E-state index is 13.5. The van der Waals surface area contributed by atoms with Gasteiger partial charge in [0.1, 0.15) is 22.4 Å². The molecule has 28 heavy (non-hydrogen) atoms. The highest BCUT2D eigenvalue weighted by Gasteiger charge is 2.32. The SMILES string of the molecule is CC(C)CC[C@H]1CC[C@H]([Si@H]2CC[C@H](COc3cc(F)c(Cl)c(F)c3)CC2)CC1. The van der Waals surface area contributed by atoms with Crippen molar-refractivity contribution < 1.29 is 13.5 Å². The van der Waals surface area contributed by atoms with E-state index in [0.717, 1.165) is 17.4 Å². The van der Waals surface area contributed by atoms with Crippen LogP contribution in [0.1, 0.15) is 65.2 Å². The van der Waals surface area contributed by atoms with Crippen LogP contribution in [0.4, 0.5) is 8.78 Å². The summed E-state index contributed by atoms with van der Waals surface area (Å²) < 4.78 is 32.7. The first-order chi connectivity index (χ1) is 13.4. The Labute approximate surface area is 175 Å². The second-order valence-electron chi connectivity index (χ2n) is 9.54. The van der Waals surface area contributed by atoms with Crippen molar-refractivity contribution in [2.45, 2.75) is 82.8 Å². The van der Waals surface area contributed by atoms with Crippen molar-refractivity contribution in [3.63, 3.8) is 0 Å². The molecule has 1 saturated heterocycles. The van der Waals surface area contributed by atoms with E-state index in [-0.39, 0.29) is 5.75 Å². The average molecular weight is 429 g/mol. The van der Waals surface area contributed by atoms with Gasteiger partial charge in [-0.1, -0.05) is 76.1 Å². The van der Waals surface area contributed by atoms with Crippen molar-refractivity contribution in [2.75, 3.05) is 6.61 Å². The van der Waals surface area contributed by atoms with Gasteiger partial charge in [-0.2, -0.15) is 0 Å². The van der Waals surface area contributed by atoms with Crippen LogP contribution in [0.15, 0.2) is 12.1 Å². The molecule has 3 rings (SSSR count). The molecule has 2 aliphatic rings. The van der Waals surface area contributed by atoms with Crippen LogP contribution in [-0.4, -0.2) is 15.4 Å². The molecule has 1 aromatic carbocycles. The Hall–Kier alpha value is -0.613. The molecule has 1 aliphatic heterocycles. The van der Waals surface area contributed by atoms with Gasteiger partial charge >= 0.3 is 0 Å². The molecule has 0 atom stereocenters. The number of ether oxygens (including phenoxy) is 1. The van der Waals surface area contributed by atoms with E-state index >= 15 is 0 Å². The largest absolute Gasteiger partial charge is 0.493 e. The summed E-state index contributed by atoms with van der Waals surface area (Å²) in [6.07, 6.45) is 11.1. The van der Waals surface area contributed by atoms with E-state index in [4.69, 9.17) is 16.3 Å². The molecule has 0 aromatic heterocycles. The standard InChI is InChI=1S/C23H35ClF2OSi/c1-16(2)3-4-17-5-7-20(8-6-17)28-11-9-18(10-12-28)15-27-19-13-21(25)23(24)22(26)14-19/h13-14,16-18,20,28H,3-12,15H2,1-2H3/t17-,18-,20-,28-. The van der Waals surface area contributed by atoms with E-state index in [1.54, 1.807) is 0 Å². The number of hydrogen-bond acceptors (Lipinski definition) is 1. The van der Waals surface area contributed by atoms with Crippen LogP contribution in [0.25, 0.3) is 0 Å². The van der Waals surface area contributed by atoms with Crippen LogP contribution >= 0.6 is 11.6 Å². The monoisotopic (exact) mass is 428 g/mol. The van der Waals surface area contributed by atoms with E-state index in [9.17, 15) is 8.78 Å². The summed E-state index contributed by atoms with van der Waals surface area (Å²) in [7, 11) is -0.628. The minimum Gasteiger partial charge on any atom is -0.493 e. The molecule has 0 amide bonds. The molecule has 0 radical (unpaired) electrons. The highest BCUT2D eigenvalue weighted by atomic mass is 35.5. The van der Waals surface area contributed by atoms with Crippen LogP contribution in [-0.2, 0) is 0 Å². The molecule has 0 N–H and O–H groups in total. The summed E-state index contributed by atoms with van der Waals surface area (Å²) in [5, 5.41) is -0.460. The van der Waals surface area contributed by atoms with Gasteiger partial charge in [0.25, 0.3) is 0 Å². The minimum absolute atomic E-state index is 0.249.